The Morgan fingerprint density at radius 1 is 1.43 bits per heavy atom. The highest BCUT2D eigenvalue weighted by Crippen LogP contribution is 2.25. The maximum Gasteiger partial charge on any atom is 0.279 e. The Bertz CT molecular complexity index is 283. The van der Waals surface area contributed by atoms with Gasteiger partial charge in [0.2, 0.25) is 0 Å². The third-order valence-electron chi connectivity index (χ3n) is 2.40. The molecule has 0 saturated carbocycles. The first kappa shape index (κ1) is 11.9. The Balaban J connectivity index is 2.48. The normalized spacial score (nSPS) is 21.9. The molecule has 0 radical (unpaired) electrons. The summed E-state index contributed by atoms with van der Waals surface area (Å²) in [5.41, 5.74) is 5.67. The summed E-state index contributed by atoms with van der Waals surface area (Å²) in [5.74, 6) is 0. The molecule has 0 aromatic rings. The highest BCUT2D eigenvalue weighted by atomic mass is 32.2. The van der Waals surface area contributed by atoms with Crippen LogP contribution in [0.15, 0.2) is 0 Å². The molecule has 1 heterocycles. The van der Waals surface area contributed by atoms with Gasteiger partial charge in [-0.15, -0.1) is 0 Å². The van der Waals surface area contributed by atoms with Gasteiger partial charge in [0, 0.05) is 25.2 Å². The first-order valence-electron chi connectivity index (χ1n) is 4.97. The van der Waals surface area contributed by atoms with Crippen molar-refractivity contribution in [2.24, 2.45) is 5.73 Å². The Kier molecular flexibility index (Phi) is 3.52. The van der Waals surface area contributed by atoms with Gasteiger partial charge >= 0.3 is 0 Å². The van der Waals surface area contributed by atoms with E-state index in [-0.39, 0.29) is 5.54 Å². The number of hydrogen-bond donors (Lipinski definition) is 2. The largest absolute Gasteiger partial charge is 0.323 e. The van der Waals surface area contributed by atoms with Gasteiger partial charge in [-0.2, -0.15) is 12.7 Å². The lowest BCUT2D eigenvalue weighted by Gasteiger charge is -2.46. The fourth-order valence-corrected chi connectivity index (χ4v) is 3.16. The predicted molar refractivity (Wildman–Crippen MR) is 56.0 cm³/mol. The second-order valence-corrected chi connectivity index (χ2v) is 5.64. The van der Waals surface area contributed by atoms with Crippen LogP contribution in [0.4, 0.5) is 0 Å². The molecule has 14 heavy (non-hydrogen) atoms. The maximum absolute atomic E-state index is 11.5. The molecule has 0 unspecified atom stereocenters. The quantitative estimate of drug-likeness (QED) is 0.666. The van der Waals surface area contributed by atoms with Crippen LogP contribution in [0.1, 0.15) is 26.7 Å². The van der Waals surface area contributed by atoms with Gasteiger partial charge in [-0.3, -0.25) is 0 Å². The molecule has 84 valence electrons. The molecular weight excluding hydrogens is 202 g/mol. The summed E-state index contributed by atoms with van der Waals surface area (Å²) >= 11 is 0. The fraction of sp³-hybridized carbons (Fsp3) is 1.00. The van der Waals surface area contributed by atoms with E-state index in [1.807, 2.05) is 0 Å². The van der Waals surface area contributed by atoms with Crippen LogP contribution >= 0.6 is 0 Å². The third kappa shape index (κ3) is 2.44. The van der Waals surface area contributed by atoms with Gasteiger partial charge in [-0.1, -0.05) is 20.3 Å². The van der Waals surface area contributed by atoms with Gasteiger partial charge < -0.3 is 5.73 Å². The van der Waals surface area contributed by atoms with Crippen molar-refractivity contribution in [3.05, 3.63) is 0 Å². The zero-order valence-corrected chi connectivity index (χ0v) is 9.60. The van der Waals surface area contributed by atoms with Crippen LogP contribution in [0, 0.1) is 0 Å². The summed E-state index contributed by atoms with van der Waals surface area (Å²) in [5, 5.41) is 0. The van der Waals surface area contributed by atoms with Crippen molar-refractivity contribution in [2.45, 2.75) is 32.2 Å². The summed E-state index contributed by atoms with van der Waals surface area (Å²) in [6.07, 6.45) is 1.87. The number of nitrogens with one attached hydrogen (secondary N) is 1. The van der Waals surface area contributed by atoms with E-state index in [9.17, 15) is 8.42 Å². The molecule has 5 nitrogen and oxygen atoms in total. The van der Waals surface area contributed by atoms with Crippen LogP contribution in [0.2, 0.25) is 0 Å². The molecule has 1 saturated heterocycles. The van der Waals surface area contributed by atoms with E-state index in [4.69, 9.17) is 5.73 Å². The van der Waals surface area contributed by atoms with Crippen molar-refractivity contribution in [3.63, 3.8) is 0 Å². The first-order chi connectivity index (χ1) is 6.43. The predicted octanol–water partition coefficient (Wildman–Crippen LogP) is -0.346. The third-order valence-corrected chi connectivity index (χ3v) is 3.99. The highest BCUT2D eigenvalue weighted by molar-refractivity contribution is 7.87. The molecule has 1 fully saturated rings. The second-order valence-electron chi connectivity index (χ2n) is 3.88. The van der Waals surface area contributed by atoms with Crippen LogP contribution in [0.3, 0.4) is 0 Å². The zero-order valence-electron chi connectivity index (χ0n) is 8.78. The lowest BCUT2D eigenvalue weighted by Crippen LogP contribution is -2.69. The lowest BCUT2D eigenvalue weighted by atomic mass is 9.89. The SMILES string of the molecule is CCCC1(N)CN(S(=O)(=O)NCC)C1. The van der Waals surface area contributed by atoms with E-state index < -0.39 is 10.2 Å². The molecule has 1 rings (SSSR count). The molecular formula is C8H19N3O2S. The van der Waals surface area contributed by atoms with E-state index >= 15 is 0 Å². The Hall–Kier alpha value is -0.170. The van der Waals surface area contributed by atoms with E-state index in [0.717, 1.165) is 12.8 Å². The van der Waals surface area contributed by atoms with Gasteiger partial charge in [0.05, 0.1) is 0 Å². The van der Waals surface area contributed by atoms with E-state index in [1.165, 1.54) is 4.31 Å². The van der Waals surface area contributed by atoms with Gasteiger partial charge in [0.25, 0.3) is 10.2 Å². The van der Waals surface area contributed by atoms with Crippen LogP contribution < -0.4 is 10.5 Å². The lowest BCUT2D eigenvalue weighted by molar-refractivity contribution is 0.145. The monoisotopic (exact) mass is 221 g/mol. The number of nitrogens with zero attached hydrogens (tertiary/aromatic N) is 1. The Morgan fingerprint density at radius 2 is 2.00 bits per heavy atom. The molecule has 0 aliphatic carbocycles. The fourth-order valence-electron chi connectivity index (χ4n) is 1.76. The van der Waals surface area contributed by atoms with Crippen molar-refractivity contribution in [1.29, 1.82) is 0 Å². The van der Waals surface area contributed by atoms with E-state index in [1.54, 1.807) is 6.92 Å². The first-order valence-corrected chi connectivity index (χ1v) is 6.41. The van der Waals surface area contributed by atoms with Crippen molar-refractivity contribution >= 4 is 10.2 Å². The summed E-state index contributed by atoms with van der Waals surface area (Å²) in [6, 6.07) is 0. The minimum absolute atomic E-state index is 0.294. The molecule has 6 heteroatoms. The summed E-state index contributed by atoms with van der Waals surface area (Å²) in [6.45, 7) is 5.12. The smallest absolute Gasteiger partial charge is 0.279 e. The van der Waals surface area contributed by atoms with Gasteiger partial charge in [0.15, 0.2) is 0 Å². The highest BCUT2D eigenvalue weighted by Gasteiger charge is 2.44. The molecule has 1 aliphatic heterocycles. The van der Waals surface area contributed by atoms with Gasteiger partial charge in [0.1, 0.15) is 0 Å². The topological polar surface area (TPSA) is 75.4 Å². The molecule has 1 aliphatic rings. The minimum atomic E-state index is -3.26. The Morgan fingerprint density at radius 3 is 2.43 bits per heavy atom. The molecule has 0 spiro atoms. The van der Waals surface area contributed by atoms with Gasteiger partial charge in [-0.05, 0) is 6.42 Å². The maximum atomic E-state index is 11.5. The molecule has 0 atom stereocenters. The minimum Gasteiger partial charge on any atom is -0.323 e. The molecule has 0 aromatic heterocycles. The van der Waals surface area contributed by atoms with Crippen LogP contribution in [0.25, 0.3) is 0 Å². The standard InChI is InChI=1S/C8H19N3O2S/c1-3-5-8(9)6-11(7-8)14(12,13)10-4-2/h10H,3-7,9H2,1-2H3. The number of hydrogen-bond acceptors (Lipinski definition) is 3. The molecule has 0 aromatic carbocycles. The van der Waals surface area contributed by atoms with Crippen LogP contribution in [-0.4, -0.2) is 37.9 Å². The molecule has 0 amide bonds. The van der Waals surface area contributed by atoms with Crippen molar-refractivity contribution in [1.82, 2.24) is 9.03 Å². The number of rotatable bonds is 5. The average molecular weight is 221 g/mol. The Labute approximate surface area is 85.8 Å². The van der Waals surface area contributed by atoms with Gasteiger partial charge in [-0.25, -0.2) is 4.72 Å². The second kappa shape index (κ2) is 4.14. The van der Waals surface area contributed by atoms with E-state index in [0.29, 0.717) is 19.6 Å². The van der Waals surface area contributed by atoms with Crippen LogP contribution in [-0.2, 0) is 10.2 Å². The molecule has 3 N–H and O–H groups in total. The summed E-state index contributed by atoms with van der Waals surface area (Å²) < 4.78 is 26.8. The van der Waals surface area contributed by atoms with Crippen molar-refractivity contribution in [2.75, 3.05) is 19.6 Å². The van der Waals surface area contributed by atoms with Crippen LogP contribution in [0.5, 0.6) is 0 Å². The van der Waals surface area contributed by atoms with Crippen molar-refractivity contribution < 1.29 is 8.42 Å². The van der Waals surface area contributed by atoms with Crippen molar-refractivity contribution in [3.8, 4) is 0 Å². The summed E-state index contributed by atoms with van der Waals surface area (Å²) in [7, 11) is -3.26. The summed E-state index contributed by atoms with van der Waals surface area (Å²) in [4.78, 5) is 0. The van der Waals surface area contributed by atoms with E-state index in [2.05, 4.69) is 11.6 Å². The number of nitrogens with two attached hydrogens (primary N) is 1. The average Bonchev–Trinajstić information content (AvgIpc) is 2.00. The zero-order chi connectivity index (χ0) is 10.8. The molecule has 0 bridgehead atoms.